The molecule has 0 saturated carbocycles. The first-order valence-electron chi connectivity index (χ1n) is 10.1. The zero-order valence-electron chi connectivity index (χ0n) is 17.4. The number of carbonyl (C=O) groups is 1. The molecule has 0 saturated heterocycles. The Morgan fingerprint density at radius 1 is 1.28 bits per heavy atom. The second-order valence-corrected chi connectivity index (χ2v) is 10.4. The molecule has 0 aliphatic carbocycles. The van der Waals surface area contributed by atoms with Gasteiger partial charge in [-0.15, -0.1) is 11.3 Å². The van der Waals surface area contributed by atoms with Gasteiger partial charge in [0.1, 0.15) is 10.0 Å². The van der Waals surface area contributed by atoms with Crippen molar-refractivity contribution in [2.45, 2.75) is 30.6 Å². The Morgan fingerprint density at radius 2 is 2.09 bits per heavy atom. The van der Waals surface area contributed by atoms with Gasteiger partial charge < -0.3 is 4.90 Å². The molecule has 9 heteroatoms. The molecule has 6 nitrogen and oxygen atoms in total. The number of aromatic nitrogens is 1. The molecule has 0 spiro atoms. The van der Waals surface area contributed by atoms with Gasteiger partial charge in [0.05, 0.1) is 0 Å². The van der Waals surface area contributed by atoms with Gasteiger partial charge in [0, 0.05) is 43.2 Å². The van der Waals surface area contributed by atoms with Crippen LogP contribution in [-0.2, 0) is 34.3 Å². The number of hydrogen-bond acceptors (Lipinski definition) is 5. The molecule has 1 aromatic carbocycles. The average molecular weight is 472 g/mol. The fourth-order valence-corrected chi connectivity index (χ4v) is 5.71. The van der Waals surface area contributed by atoms with E-state index < -0.39 is 10.0 Å². The highest BCUT2D eigenvalue weighted by Crippen LogP contribution is 2.25. The summed E-state index contributed by atoms with van der Waals surface area (Å²) in [7, 11) is -3.58. The van der Waals surface area contributed by atoms with Gasteiger partial charge in [-0.3, -0.25) is 9.78 Å². The number of nitrogens with one attached hydrogen (secondary N) is 1. The highest BCUT2D eigenvalue weighted by Gasteiger charge is 2.24. The number of pyridine rings is 1. The van der Waals surface area contributed by atoms with Crippen molar-refractivity contribution in [3.05, 3.63) is 87.8 Å². The third-order valence-electron chi connectivity index (χ3n) is 5.42. The Kier molecular flexibility index (Phi) is 6.50. The molecule has 0 fully saturated rings. The summed E-state index contributed by atoms with van der Waals surface area (Å²) in [6.45, 7) is 2.85. The molecular weight excluding hydrogens is 449 g/mol. The number of aryl methyl sites for hydroxylation is 1. The van der Waals surface area contributed by atoms with E-state index >= 15 is 0 Å². The third-order valence-corrected chi connectivity index (χ3v) is 8.22. The van der Waals surface area contributed by atoms with E-state index in [0.717, 1.165) is 22.4 Å². The second-order valence-electron chi connectivity index (χ2n) is 7.45. The SMILES string of the molecule is Cc1ncc2c(c1CNS(=O)(=O)c1cccs1)CCN(C(=O)/C=C/c1ccccc1F)C2. The van der Waals surface area contributed by atoms with Crippen molar-refractivity contribution in [3.8, 4) is 0 Å². The van der Waals surface area contributed by atoms with Gasteiger partial charge in [-0.25, -0.2) is 17.5 Å². The van der Waals surface area contributed by atoms with Gasteiger partial charge in [0.15, 0.2) is 0 Å². The summed E-state index contributed by atoms with van der Waals surface area (Å²) < 4.78 is 41.7. The molecule has 3 heterocycles. The van der Waals surface area contributed by atoms with Crippen LogP contribution in [0.3, 0.4) is 0 Å². The van der Waals surface area contributed by atoms with Crippen molar-refractivity contribution in [1.82, 2.24) is 14.6 Å². The number of hydrogen-bond donors (Lipinski definition) is 1. The first-order valence-corrected chi connectivity index (χ1v) is 12.4. The normalized spacial score (nSPS) is 14.0. The van der Waals surface area contributed by atoms with Crippen LogP contribution in [0.5, 0.6) is 0 Å². The molecule has 3 aromatic rings. The van der Waals surface area contributed by atoms with Crippen molar-refractivity contribution in [1.29, 1.82) is 0 Å². The minimum Gasteiger partial charge on any atom is -0.334 e. The number of benzene rings is 1. The summed E-state index contributed by atoms with van der Waals surface area (Å²) in [5.74, 6) is -0.589. The van der Waals surface area contributed by atoms with Crippen LogP contribution < -0.4 is 4.72 Å². The lowest BCUT2D eigenvalue weighted by molar-refractivity contribution is -0.126. The molecule has 1 amide bonds. The molecule has 1 aliphatic rings. The molecule has 0 unspecified atom stereocenters. The topological polar surface area (TPSA) is 79.4 Å². The molecule has 0 bridgehead atoms. The number of halogens is 1. The lowest BCUT2D eigenvalue weighted by atomic mass is 9.95. The van der Waals surface area contributed by atoms with E-state index in [1.54, 1.807) is 46.8 Å². The van der Waals surface area contributed by atoms with Gasteiger partial charge >= 0.3 is 0 Å². The van der Waals surface area contributed by atoms with Gasteiger partial charge in [0.2, 0.25) is 15.9 Å². The van der Waals surface area contributed by atoms with E-state index in [1.807, 2.05) is 6.92 Å². The fraction of sp³-hybridized carbons (Fsp3) is 0.217. The smallest absolute Gasteiger partial charge is 0.250 e. The van der Waals surface area contributed by atoms with Crippen LogP contribution in [0, 0.1) is 12.7 Å². The quantitative estimate of drug-likeness (QED) is 0.557. The Labute approximate surface area is 190 Å². The van der Waals surface area contributed by atoms with Gasteiger partial charge in [-0.1, -0.05) is 24.3 Å². The third kappa shape index (κ3) is 4.79. The number of fused-ring (bicyclic) bond motifs is 1. The Morgan fingerprint density at radius 3 is 2.84 bits per heavy atom. The number of amides is 1. The highest BCUT2D eigenvalue weighted by atomic mass is 32.2. The Hall–Kier alpha value is -2.88. The van der Waals surface area contributed by atoms with Gasteiger partial charge in [-0.2, -0.15) is 0 Å². The van der Waals surface area contributed by atoms with Crippen LogP contribution in [0.25, 0.3) is 6.08 Å². The van der Waals surface area contributed by atoms with E-state index in [1.165, 1.54) is 29.6 Å². The second kappa shape index (κ2) is 9.32. The van der Waals surface area contributed by atoms with Crippen LogP contribution >= 0.6 is 11.3 Å². The van der Waals surface area contributed by atoms with Gasteiger partial charge in [-0.05, 0) is 53.6 Å². The first kappa shape index (κ1) is 22.3. The summed E-state index contributed by atoms with van der Waals surface area (Å²) in [5, 5.41) is 1.72. The highest BCUT2D eigenvalue weighted by molar-refractivity contribution is 7.91. The lowest BCUT2D eigenvalue weighted by Gasteiger charge is -2.30. The standard InChI is InChI=1S/C23H22FN3O3S2/c1-16-20(14-26-32(29,30)23-7-4-12-31-23)19-10-11-27(15-18(19)13-25-16)22(28)9-8-17-5-2-3-6-21(17)24/h2-9,12-13,26H,10-11,14-15H2,1H3/b9-8+. The molecular formula is C23H22FN3O3S2. The molecule has 0 radical (unpaired) electrons. The molecule has 2 aromatic heterocycles. The van der Waals surface area contributed by atoms with Crippen molar-refractivity contribution < 1.29 is 17.6 Å². The molecule has 4 rings (SSSR count). The van der Waals surface area contributed by atoms with Crippen LogP contribution in [0.1, 0.15) is 27.9 Å². The number of nitrogens with zero attached hydrogens (tertiary/aromatic N) is 2. The number of rotatable bonds is 6. The minimum atomic E-state index is -3.58. The summed E-state index contributed by atoms with van der Waals surface area (Å²) in [4.78, 5) is 18.7. The Bertz CT molecular complexity index is 1270. The monoisotopic (exact) mass is 471 g/mol. The van der Waals surface area contributed by atoms with Crippen LogP contribution in [0.4, 0.5) is 4.39 Å². The maximum Gasteiger partial charge on any atom is 0.250 e. The van der Waals surface area contributed by atoms with Gasteiger partial charge in [0.25, 0.3) is 0 Å². The summed E-state index contributed by atoms with van der Waals surface area (Å²) in [6, 6.07) is 9.54. The maximum absolute atomic E-state index is 13.8. The van der Waals surface area contributed by atoms with Crippen molar-refractivity contribution in [2.24, 2.45) is 0 Å². The maximum atomic E-state index is 13.8. The lowest BCUT2D eigenvalue weighted by Crippen LogP contribution is -2.36. The molecule has 1 aliphatic heterocycles. The van der Waals surface area contributed by atoms with Crippen LogP contribution in [-0.4, -0.2) is 30.8 Å². The number of sulfonamides is 1. The molecule has 32 heavy (non-hydrogen) atoms. The van der Waals surface area contributed by atoms with E-state index in [-0.39, 0.29) is 22.5 Å². The number of thiophene rings is 1. The fourth-order valence-electron chi connectivity index (χ4n) is 3.68. The van der Waals surface area contributed by atoms with E-state index in [4.69, 9.17) is 0 Å². The molecule has 166 valence electrons. The predicted molar refractivity (Wildman–Crippen MR) is 122 cm³/mol. The summed E-state index contributed by atoms with van der Waals surface area (Å²) in [6.07, 6.45) is 5.18. The van der Waals surface area contributed by atoms with Crippen molar-refractivity contribution >= 4 is 33.3 Å². The predicted octanol–water partition coefficient (Wildman–Crippen LogP) is 3.67. The molecule has 1 N–H and O–H groups in total. The molecule has 0 atom stereocenters. The minimum absolute atomic E-state index is 0.142. The van der Waals surface area contributed by atoms with Crippen LogP contribution in [0.2, 0.25) is 0 Å². The van der Waals surface area contributed by atoms with Crippen molar-refractivity contribution in [3.63, 3.8) is 0 Å². The van der Waals surface area contributed by atoms with E-state index in [0.29, 0.717) is 25.1 Å². The van der Waals surface area contributed by atoms with Crippen molar-refractivity contribution in [2.75, 3.05) is 6.54 Å². The zero-order chi connectivity index (χ0) is 22.7. The largest absolute Gasteiger partial charge is 0.334 e. The zero-order valence-corrected chi connectivity index (χ0v) is 19.0. The Balaban J connectivity index is 1.48. The van der Waals surface area contributed by atoms with E-state index in [2.05, 4.69) is 9.71 Å². The summed E-state index contributed by atoms with van der Waals surface area (Å²) >= 11 is 1.17. The first-order chi connectivity index (χ1) is 15.3. The van der Waals surface area contributed by atoms with Crippen LogP contribution in [0.15, 0.2) is 58.3 Å². The number of carbonyl (C=O) groups excluding carboxylic acids is 1. The summed E-state index contributed by atoms with van der Waals surface area (Å²) in [5.41, 5.74) is 3.87. The average Bonchev–Trinajstić information content (AvgIpc) is 3.33. The van der Waals surface area contributed by atoms with E-state index in [9.17, 15) is 17.6 Å².